The van der Waals surface area contributed by atoms with E-state index in [-0.39, 0.29) is 11.5 Å². The molecule has 0 spiro atoms. The number of hydrogen-bond acceptors (Lipinski definition) is 4. The molecule has 0 aliphatic carbocycles. The van der Waals surface area contributed by atoms with Gasteiger partial charge in [0, 0.05) is 5.41 Å². The molecule has 0 bridgehead atoms. The van der Waals surface area contributed by atoms with Crippen LogP contribution in [0, 0.1) is 5.92 Å². The third kappa shape index (κ3) is 4.46. The van der Waals surface area contributed by atoms with Crippen LogP contribution in [-0.2, 0) is 5.41 Å². The highest BCUT2D eigenvalue weighted by molar-refractivity contribution is 5.01. The van der Waals surface area contributed by atoms with Crippen molar-refractivity contribution >= 4 is 0 Å². The summed E-state index contributed by atoms with van der Waals surface area (Å²) in [7, 11) is 0. The molecule has 1 atom stereocenters. The Kier molecular flexibility index (Phi) is 4.69. The Balaban J connectivity index is 2.52. The molecule has 1 heterocycles. The van der Waals surface area contributed by atoms with E-state index in [1.807, 2.05) is 0 Å². The van der Waals surface area contributed by atoms with Gasteiger partial charge in [-0.3, -0.25) is 0 Å². The predicted octanol–water partition coefficient (Wildman–Crippen LogP) is 3.06. The minimum Gasteiger partial charge on any atom is -0.338 e. The SMILES string of the molecule is CC(C)CCNC(C)c1nc(C(C)(C)C)no1. The van der Waals surface area contributed by atoms with Crippen LogP contribution in [0.2, 0.25) is 0 Å². The fourth-order valence-electron chi connectivity index (χ4n) is 1.39. The van der Waals surface area contributed by atoms with Crippen LogP contribution in [-0.4, -0.2) is 16.7 Å². The van der Waals surface area contributed by atoms with Crippen LogP contribution < -0.4 is 5.32 Å². The molecule has 0 fully saturated rings. The Bertz CT molecular complexity index is 339. The van der Waals surface area contributed by atoms with Crippen LogP contribution in [0.15, 0.2) is 4.52 Å². The molecule has 0 aromatic carbocycles. The smallest absolute Gasteiger partial charge is 0.243 e. The maximum Gasteiger partial charge on any atom is 0.243 e. The van der Waals surface area contributed by atoms with E-state index in [2.05, 4.69) is 57.0 Å². The summed E-state index contributed by atoms with van der Waals surface area (Å²) >= 11 is 0. The maximum absolute atomic E-state index is 5.29. The average molecular weight is 239 g/mol. The molecule has 1 N–H and O–H groups in total. The molecule has 0 saturated carbocycles. The molecule has 0 aliphatic rings. The molecule has 1 rings (SSSR count). The summed E-state index contributed by atoms with van der Waals surface area (Å²) < 4.78 is 5.29. The minimum absolute atomic E-state index is 0.0561. The lowest BCUT2D eigenvalue weighted by Crippen LogP contribution is -2.21. The molecule has 1 unspecified atom stereocenters. The van der Waals surface area contributed by atoms with Crippen molar-refractivity contribution in [1.82, 2.24) is 15.5 Å². The van der Waals surface area contributed by atoms with Crippen LogP contribution in [0.5, 0.6) is 0 Å². The number of nitrogens with zero attached hydrogens (tertiary/aromatic N) is 2. The van der Waals surface area contributed by atoms with Crippen LogP contribution in [0.4, 0.5) is 0 Å². The second-order valence-electron chi connectivity index (χ2n) is 6.06. The van der Waals surface area contributed by atoms with Gasteiger partial charge in [0.1, 0.15) is 0 Å². The van der Waals surface area contributed by atoms with Gasteiger partial charge in [-0.1, -0.05) is 39.8 Å². The summed E-state index contributed by atoms with van der Waals surface area (Å²) in [6.45, 7) is 13.7. The molecule has 0 radical (unpaired) electrons. The molecule has 4 nitrogen and oxygen atoms in total. The van der Waals surface area contributed by atoms with Gasteiger partial charge in [0.05, 0.1) is 6.04 Å². The van der Waals surface area contributed by atoms with Gasteiger partial charge in [-0.15, -0.1) is 0 Å². The van der Waals surface area contributed by atoms with Crippen molar-refractivity contribution in [1.29, 1.82) is 0 Å². The van der Waals surface area contributed by atoms with Crippen molar-refractivity contribution in [2.24, 2.45) is 5.92 Å². The van der Waals surface area contributed by atoms with Gasteiger partial charge in [-0.05, 0) is 25.8 Å². The topological polar surface area (TPSA) is 51.0 Å². The average Bonchev–Trinajstić information content (AvgIpc) is 2.64. The first-order valence-electron chi connectivity index (χ1n) is 6.38. The van der Waals surface area contributed by atoms with E-state index in [9.17, 15) is 0 Å². The fourth-order valence-corrected chi connectivity index (χ4v) is 1.39. The van der Waals surface area contributed by atoms with Crippen molar-refractivity contribution in [3.05, 3.63) is 11.7 Å². The molecule has 0 amide bonds. The third-order valence-electron chi connectivity index (χ3n) is 2.66. The summed E-state index contributed by atoms with van der Waals surface area (Å²) in [6, 6.07) is 0.123. The van der Waals surface area contributed by atoms with Gasteiger partial charge in [0.2, 0.25) is 5.89 Å². The van der Waals surface area contributed by atoms with Crippen LogP contribution in [0.1, 0.15) is 65.7 Å². The molecule has 1 aromatic heterocycles. The molecule has 0 saturated heterocycles. The zero-order valence-corrected chi connectivity index (χ0v) is 11.9. The van der Waals surface area contributed by atoms with Crippen molar-refractivity contribution in [3.63, 3.8) is 0 Å². The standard InChI is InChI=1S/C13H25N3O/c1-9(2)7-8-14-10(3)11-15-12(16-17-11)13(4,5)6/h9-10,14H,7-8H2,1-6H3. The van der Waals surface area contributed by atoms with E-state index in [1.165, 1.54) is 0 Å². The Morgan fingerprint density at radius 2 is 1.88 bits per heavy atom. The molecule has 1 aromatic rings. The Morgan fingerprint density at radius 3 is 2.35 bits per heavy atom. The third-order valence-corrected chi connectivity index (χ3v) is 2.66. The van der Waals surface area contributed by atoms with Crippen molar-refractivity contribution in [2.75, 3.05) is 6.54 Å². The molecule has 4 heteroatoms. The highest BCUT2D eigenvalue weighted by atomic mass is 16.5. The molecule has 98 valence electrons. The molecule has 17 heavy (non-hydrogen) atoms. The second-order valence-corrected chi connectivity index (χ2v) is 6.06. The first-order valence-corrected chi connectivity index (χ1v) is 6.38. The van der Waals surface area contributed by atoms with Crippen LogP contribution in [0.25, 0.3) is 0 Å². The lowest BCUT2D eigenvalue weighted by Gasteiger charge is -2.12. The van der Waals surface area contributed by atoms with Crippen molar-refractivity contribution < 1.29 is 4.52 Å². The monoisotopic (exact) mass is 239 g/mol. The zero-order chi connectivity index (χ0) is 13.1. The van der Waals surface area contributed by atoms with Gasteiger partial charge in [-0.2, -0.15) is 4.98 Å². The van der Waals surface area contributed by atoms with Gasteiger partial charge in [0.15, 0.2) is 5.82 Å². The van der Waals surface area contributed by atoms with E-state index in [4.69, 9.17) is 4.52 Å². The minimum atomic E-state index is -0.0561. The Labute approximate surface area is 104 Å². The van der Waals surface area contributed by atoms with Gasteiger partial charge in [-0.25, -0.2) is 0 Å². The van der Waals surface area contributed by atoms with Gasteiger partial charge in [0.25, 0.3) is 0 Å². The van der Waals surface area contributed by atoms with E-state index in [0.29, 0.717) is 11.8 Å². The van der Waals surface area contributed by atoms with Crippen LogP contribution >= 0.6 is 0 Å². The van der Waals surface area contributed by atoms with Gasteiger partial charge >= 0.3 is 0 Å². The number of hydrogen-bond donors (Lipinski definition) is 1. The number of rotatable bonds is 5. The van der Waals surface area contributed by atoms with Gasteiger partial charge < -0.3 is 9.84 Å². The first-order chi connectivity index (χ1) is 7.80. The fraction of sp³-hybridized carbons (Fsp3) is 0.846. The van der Waals surface area contributed by atoms with E-state index in [0.717, 1.165) is 18.8 Å². The quantitative estimate of drug-likeness (QED) is 0.858. The van der Waals surface area contributed by atoms with E-state index < -0.39 is 0 Å². The highest BCUT2D eigenvalue weighted by Crippen LogP contribution is 2.20. The molecule has 0 aliphatic heterocycles. The number of nitrogens with one attached hydrogen (secondary N) is 1. The summed E-state index contributed by atoms with van der Waals surface area (Å²) in [5.74, 6) is 2.16. The summed E-state index contributed by atoms with van der Waals surface area (Å²) in [5, 5.41) is 7.42. The van der Waals surface area contributed by atoms with E-state index >= 15 is 0 Å². The summed E-state index contributed by atoms with van der Waals surface area (Å²) in [5.41, 5.74) is -0.0561. The Hall–Kier alpha value is -0.900. The largest absolute Gasteiger partial charge is 0.338 e. The predicted molar refractivity (Wildman–Crippen MR) is 68.9 cm³/mol. The first kappa shape index (κ1) is 14.2. The number of aromatic nitrogens is 2. The molecular weight excluding hydrogens is 214 g/mol. The second kappa shape index (κ2) is 5.63. The molecular formula is C13H25N3O. The Morgan fingerprint density at radius 1 is 1.24 bits per heavy atom. The lowest BCUT2D eigenvalue weighted by atomic mass is 9.96. The highest BCUT2D eigenvalue weighted by Gasteiger charge is 2.22. The summed E-state index contributed by atoms with van der Waals surface area (Å²) in [4.78, 5) is 4.44. The normalized spacial score (nSPS) is 14.3. The zero-order valence-electron chi connectivity index (χ0n) is 11.9. The van der Waals surface area contributed by atoms with Crippen LogP contribution in [0.3, 0.4) is 0 Å². The van der Waals surface area contributed by atoms with E-state index in [1.54, 1.807) is 0 Å². The van der Waals surface area contributed by atoms with Crippen molar-refractivity contribution in [3.8, 4) is 0 Å². The summed E-state index contributed by atoms with van der Waals surface area (Å²) in [6.07, 6.45) is 1.16. The lowest BCUT2D eigenvalue weighted by molar-refractivity contribution is 0.328. The van der Waals surface area contributed by atoms with Crippen molar-refractivity contribution in [2.45, 2.75) is 59.4 Å². The maximum atomic E-state index is 5.29.